The Kier molecular flexibility index (Phi) is 5.37. The largest absolute Gasteiger partial charge is 0.467 e. The van der Waals surface area contributed by atoms with Crippen LogP contribution in [-0.4, -0.2) is 10.8 Å². The summed E-state index contributed by atoms with van der Waals surface area (Å²) in [6, 6.07) is 13.2. The first-order valence-electron chi connectivity index (χ1n) is 8.25. The summed E-state index contributed by atoms with van der Waals surface area (Å²) in [5, 5.41) is 22.9. The molecule has 28 heavy (non-hydrogen) atoms. The average molecular weight is 377 g/mol. The fourth-order valence-electron chi connectivity index (χ4n) is 2.51. The Labute approximate surface area is 159 Å². The highest BCUT2D eigenvalue weighted by atomic mass is 16.6. The maximum absolute atomic E-state index is 12.1. The molecule has 0 aliphatic rings. The van der Waals surface area contributed by atoms with Crippen LogP contribution in [0.15, 0.2) is 63.1 Å². The number of amides is 1. The topological polar surface area (TPSA) is 122 Å². The number of nitro benzene ring substituents is 1. The van der Waals surface area contributed by atoms with Crippen LogP contribution < -0.4 is 5.32 Å². The van der Waals surface area contributed by atoms with Gasteiger partial charge in [-0.15, -0.1) is 0 Å². The molecule has 0 saturated carbocycles. The van der Waals surface area contributed by atoms with Crippen LogP contribution in [-0.2, 0) is 11.3 Å². The van der Waals surface area contributed by atoms with E-state index in [4.69, 9.17) is 8.83 Å². The van der Waals surface area contributed by atoms with Crippen molar-refractivity contribution in [2.75, 3.05) is 0 Å². The Balaban J connectivity index is 1.78. The first-order valence-corrected chi connectivity index (χ1v) is 8.25. The van der Waals surface area contributed by atoms with Crippen molar-refractivity contribution >= 4 is 17.7 Å². The molecule has 2 aromatic heterocycles. The Morgan fingerprint density at radius 2 is 2.14 bits per heavy atom. The smallest absolute Gasteiger partial charge is 0.273 e. The van der Waals surface area contributed by atoms with Crippen molar-refractivity contribution in [3.8, 4) is 17.4 Å². The number of benzene rings is 1. The number of furan rings is 2. The second-order valence-corrected chi connectivity index (χ2v) is 5.89. The van der Waals surface area contributed by atoms with Crippen LogP contribution in [0, 0.1) is 28.4 Å². The molecule has 2 heterocycles. The number of carbonyl (C=O) groups is 1. The molecular formula is C20H15N3O5. The van der Waals surface area contributed by atoms with Gasteiger partial charge in [0.2, 0.25) is 0 Å². The van der Waals surface area contributed by atoms with Gasteiger partial charge in [-0.3, -0.25) is 14.9 Å². The van der Waals surface area contributed by atoms with Gasteiger partial charge >= 0.3 is 0 Å². The fraction of sp³-hybridized carbons (Fsp3) is 0.100. The Morgan fingerprint density at radius 1 is 1.32 bits per heavy atom. The molecule has 0 aliphatic heterocycles. The van der Waals surface area contributed by atoms with Gasteiger partial charge in [0, 0.05) is 23.3 Å². The summed E-state index contributed by atoms with van der Waals surface area (Å²) in [5.74, 6) is 0.667. The van der Waals surface area contributed by atoms with E-state index in [-0.39, 0.29) is 23.6 Å². The van der Waals surface area contributed by atoms with E-state index in [1.54, 1.807) is 43.3 Å². The quantitative estimate of drug-likeness (QED) is 0.300. The second kappa shape index (κ2) is 8.05. The lowest BCUT2D eigenvalue weighted by molar-refractivity contribution is -0.385. The van der Waals surface area contributed by atoms with Crippen LogP contribution in [0.2, 0.25) is 0 Å². The predicted octanol–water partition coefficient (Wildman–Crippen LogP) is 3.98. The molecule has 3 rings (SSSR count). The minimum atomic E-state index is -0.567. The Bertz CT molecular complexity index is 1090. The van der Waals surface area contributed by atoms with Crippen molar-refractivity contribution in [3.05, 3.63) is 81.5 Å². The van der Waals surface area contributed by atoms with Crippen molar-refractivity contribution in [2.45, 2.75) is 13.5 Å². The highest BCUT2D eigenvalue weighted by Gasteiger charge is 2.15. The zero-order valence-electron chi connectivity index (χ0n) is 14.8. The Morgan fingerprint density at radius 3 is 2.82 bits per heavy atom. The molecule has 1 N–H and O–H groups in total. The summed E-state index contributed by atoms with van der Waals surface area (Å²) in [6.07, 6.45) is 2.80. The van der Waals surface area contributed by atoms with Gasteiger partial charge in [-0.05, 0) is 31.2 Å². The van der Waals surface area contributed by atoms with Gasteiger partial charge in [-0.1, -0.05) is 12.1 Å². The van der Waals surface area contributed by atoms with Crippen LogP contribution in [0.5, 0.6) is 0 Å². The van der Waals surface area contributed by atoms with E-state index in [0.29, 0.717) is 22.6 Å². The second-order valence-electron chi connectivity index (χ2n) is 5.89. The maximum atomic E-state index is 12.1. The third-order valence-corrected chi connectivity index (χ3v) is 3.97. The third kappa shape index (κ3) is 4.16. The normalized spacial score (nSPS) is 11.1. The molecule has 0 aliphatic carbocycles. The summed E-state index contributed by atoms with van der Waals surface area (Å²) in [4.78, 5) is 22.8. The molecule has 3 aromatic rings. The molecule has 0 unspecified atom stereocenters. The molecule has 0 bridgehead atoms. The maximum Gasteiger partial charge on any atom is 0.273 e. The molecular weight excluding hydrogens is 362 g/mol. The summed E-state index contributed by atoms with van der Waals surface area (Å²) in [7, 11) is 0. The SMILES string of the molecule is Cc1ccc(-c2ccc(/C=C(\C#N)C(=O)NCc3ccco3)o2)cc1[N+](=O)[O-]. The summed E-state index contributed by atoms with van der Waals surface area (Å²) in [6.45, 7) is 1.81. The van der Waals surface area contributed by atoms with E-state index >= 15 is 0 Å². The Hall–Kier alpha value is -4.12. The van der Waals surface area contributed by atoms with Crippen LogP contribution in [0.3, 0.4) is 0 Å². The minimum Gasteiger partial charge on any atom is -0.467 e. The number of aryl methyl sites for hydroxylation is 1. The highest BCUT2D eigenvalue weighted by Crippen LogP contribution is 2.28. The van der Waals surface area contributed by atoms with Crippen LogP contribution >= 0.6 is 0 Å². The fourth-order valence-corrected chi connectivity index (χ4v) is 2.51. The van der Waals surface area contributed by atoms with Crippen LogP contribution in [0.4, 0.5) is 5.69 Å². The molecule has 1 amide bonds. The van der Waals surface area contributed by atoms with E-state index in [2.05, 4.69) is 5.32 Å². The number of nitrogens with zero attached hydrogens (tertiary/aromatic N) is 2. The average Bonchev–Trinajstić information content (AvgIpc) is 3.36. The van der Waals surface area contributed by atoms with E-state index in [0.717, 1.165) is 0 Å². The van der Waals surface area contributed by atoms with Crippen molar-refractivity contribution < 1.29 is 18.6 Å². The molecule has 0 spiro atoms. The molecule has 140 valence electrons. The zero-order valence-corrected chi connectivity index (χ0v) is 14.8. The summed E-state index contributed by atoms with van der Waals surface area (Å²) < 4.78 is 10.7. The first kappa shape index (κ1) is 18.7. The number of nitro groups is 1. The van der Waals surface area contributed by atoms with Gasteiger partial charge in [0.05, 0.1) is 17.7 Å². The zero-order chi connectivity index (χ0) is 20.1. The number of nitrogens with one attached hydrogen (secondary N) is 1. The molecule has 1 aromatic carbocycles. The van der Waals surface area contributed by atoms with Crippen LogP contribution in [0.1, 0.15) is 17.1 Å². The van der Waals surface area contributed by atoms with Gasteiger partial charge in [-0.2, -0.15) is 5.26 Å². The van der Waals surface area contributed by atoms with Gasteiger partial charge in [0.25, 0.3) is 11.6 Å². The standard InChI is InChI=1S/C20H15N3O5/c1-13-4-5-14(10-18(13)23(25)26)19-7-6-16(28-19)9-15(11-21)20(24)22-12-17-3-2-8-27-17/h2-10H,12H2,1H3,(H,22,24)/b15-9+. The van der Waals surface area contributed by atoms with E-state index in [1.807, 2.05) is 6.07 Å². The van der Waals surface area contributed by atoms with Crippen molar-refractivity contribution in [3.63, 3.8) is 0 Å². The van der Waals surface area contributed by atoms with E-state index < -0.39 is 10.8 Å². The molecule has 0 fully saturated rings. The molecule has 0 atom stereocenters. The van der Waals surface area contributed by atoms with Gasteiger partial charge in [0.1, 0.15) is 28.9 Å². The summed E-state index contributed by atoms with van der Waals surface area (Å²) >= 11 is 0. The number of carbonyl (C=O) groups excluding carboxylic acids is 1. The van der Waals surface area contributed by atoms with Crippen molar-refractivity contribution in [1.29, 1.82) is 5.26 Å². The van der Waals surface area contributed by atoms with Gasteiger partial charge < -0.3 is 14.2 Å². The number of hydrogen-bond acceptors (Lipinski definition) is 6. The van der Waals surface area contributed by atoms with Crippen LogP contribution in [0.25, 0.3) is 17.4 Å². The lowest BCUT2D eigenvalue weighted by atomic mass is 10.1. The highest BCUT2D eigenvalue weighted by molar-refractivity contribution is 6.01. The molecule has 0 radical (unpaired) electrons. The minimum absolute atomic E-state index is 0.0130. The van der Waals surface area contributed by atoms with E-state index in [1.165, 1.54) is 18.4 Å². The number of nitriles is 1. The molecule has 8 nitrogen and oxygen atoms in total. The van der Waals surface area contributed by atoms with Gasteiger partial charge in [-0.25, -0.2) is 0 Å². The summed E-state index contributed by atoms with van der Waals surface area (Å²) in [5.41, 5.74) is 0.918. The van der Waals surface area contributed by atoms with E-state index in [9.17, 15) is 20.2 Å². The first-order chi connectivity index (χ1) is 13.5. The van der Waals surface area contributed by atoms with Crippen molar-refractivity contribution in [1.82, 2.24) is 5.32 Å². The predicted molar refractivity (Wildman–Crippen MR) is 99.7 cm³/mol. The molecule has 0 saturated heterocycles. The lowest BCUT2D eigenvalue weighted by Crippen LogP contribution is -2.23. The van der Waals surface area contributed by atoms with Crippen molar-refractivity contribution in [2.24, 2.45) is 0 Å². The number of rotatable bonds is 6. The number of hydrogen-bond donors (Lipinski definition) is 1. The lowest BCUT2D eigenvalue weighted by Gasteiger charge is -2.01. The van der Waals surface area contributed by atoms with Gasteiger partial charge in [0.15, 0.2) is 0 Å². The third-order valence-electron chi connectivity index (χ3n) is 3.97. The molecule has 8 heteroatoms. The monoisotopic (exact) mass is 377 g/mol.